The number of hydrogen-bond acceptors (Lipinski definition) is 2. The third kappa shape index (κ3) is 430. The van der Waals surface area contributed by atoms with Crippen LogP contribution in [0.15, 0.2) is 0 Å². The molecule has 0 fully saturated rings. The van der Waals surface area contributed by atoms with E-state index >= 15 is 0 Å². The molecule has 0 aliphatic carbocycles. The van der Waals surface area contributed by atoms with E-state index in [1.54, 1.807) is 0 Å². The van der Waals surface area contributed by atoms with Gasteiger partial charge in [0.2, 0.25) is 0 Å². The van der Waals surface area contributed by atoms with Crippen molar-refractivity contribution in [2.75, 3.05) is 0 Å². The molecule has 0 bridgehead atoms. The minimum Gasteiger partial charge on any atom is -0.344 e. The average molecular weight is 174 g/mol. The van der Waals surface area contributed by atoms with Crippen molar-refractivity contribution in [2.45, 2.75) is 0 Å². The first-order chi connectivity index (χ1) is 2.00. The fourth-order valence-corrected chi connectivity index (χ4v) is 0. The molecule has 0 rings (SSSR count). The van der Waals surface area contributed by atoms with Gasteiger partial charge in [-0.2, -0.15) is 0 Å². The predicted octanol–water partition coefficient (Wildman–Crippen LogP) is -0.769. The van der Waals surface area contributed by atoms with E-state index in [-0.39, 0.29) is 22.6 Å². The largest absolute Gasteiger partial charge is 0.466 e. The van der Waals surface area contributed by atoms with Crippen molar-refractivity contribution in [3.8, 4) is 0 Å². The van der Waals surface area contributed by atoms with Crippen LogP contribution in [0.2, 0.25) is 0 Å². The molecule has 0 saturated carbocycles. The van der Waals surface area contributed by atoms with E-state index in [1.807, 2.05) is 0 Å². The molecule has 0 unspecified atom stereocenters. The van der Waals surface area contributed by atoms with Crippen LogP contribution in [0, 0.1) is 0 Å². The smallest absolute Gasteiger partial charge is 0.344 e. The number of hydrogen-bond donors (Lipinski definition) is 4. The summed E-state index contributed by atoms with van der Waals surface area (Å²) in [5.74, 6) is 0. The van der Waals surface area contributed by atoms with Crippen molar-refractivity contribution < 1.29 is 35.7 Å². The van der Waals surface area contributed by atoms with E-state index in [0.29, 0.717) is 0 Å². The molecule has 50 valence electrons. The van der Waals surface area contributed by atoms with Crippen LogP contribution in [0.3, 0.4) is 0 Å². The summed E-state index contributed by atoms with van der Waals surface area (Å²) in [6, 6.07) is 0. The molecule has 0 aliphatic heterocycles. The molecule has 7 heavy (non-hydrogen) atoms. The molecular weight excluding hydrogens is 168 g/mol. The van der Waals surface area contributed by atoms with E-state index in [9.17, 15) is 0 Å². The fraction of sp³-hybridized carbons (Fsp3) is 0. The van der Waals surface area contributed by atoms with Crippen molar-refractivity contribution in [1.29, 1.82) is 0 Å². The summed E-state index contributed by atoms with van der Waals surface area (Å²) in [7, 11) is -4.64. The Morgan fingerprint density at radius 1 is 1.14 bits per heavy atom. The zero-order valence-electron chi connectivity index (χ0n) is 3.22. The maximum absolute atomic E-state index is 8.88. The molecule has 0 spiro atoms. The summed E-state index contributed by atoms with van der Waals surface area (Å²) < 4.78 is 8.88. The van der Waals surface area contributed by atoms with Crippen LogP contribution in [-0.2, 0) is 21.1 Å². The first-order valence-electron chi connectivity index (χ1n) is 0.783. The van der Waals surface area contributed by atoms with Gasteiger partial charge in [-0.05, 0) is 0 Å². The van der Waals surface area contributed by atoms with Gasteiger partial charge in [-0.25, -0.2) is 4.57 Å². The first-order valence-corrected chi connectivity index (χ1v) is 2.35. The summed E-state index contributed by atoms with van der Waals surface area (Å²) in [4.78, 5) is 21.6. The van der Waals surface area contributed by atoms with E-state index in [1.165, 1.54) is 0 Å². The molecule has 0 radical (unpaired) electrons. The van der Waals surface area contributed by atoms with Gasteiger partial charge in [0, 0.05) is 16.5 Å². The second kappa shape index (κ2) is 4.72. The molecule has 5 nitrogen and oxygen atoms in total. The van der Waals surface area contributed by atoms with Crippen molar-refractivity contribution in [3.05, 3.63) is 0 Å². The summed E-state index contributed by atoms with van der Waals surface area (Å²) in [6.45, 7) is 0. The Balaban J connectivity index is -0.0000000800. The molecule has 0 aromatic heterocycles. The van der Waals surface area contributed by atoms with Crippen LogP contribution in [0.4, 0.5) is 0 Å². The van der Waals surface area contributed by atoms with Crippen molar-refractivity contribution >= 4 is 7.82 Å². The van der Waals surface area contributed by atoms with E-state index in [2.05, 4.69) is 0 Å². The van der Waals surface area contributed by atoms with Crippen molar-refractivity contribution in [2.24, 2.45) is 0 Å². The van der Waals surface area contributed by atoms with Gasteiger partial charge in [0.05, 0.1) is 0 Å². The molecule has 7 heteroatoms. The van der Waals surface area contributed by atoms with Gasteiger partial charge in [0.25, 0.3) is 0 Å². The number of rotatable bonds is 0. The average Bonchev–Trinajstić information content (AvgIpc) is 0.722. The van der Waals surface area contributed by atoms with Gasteiger partial charge < -0.3 is 20.8 Å². The van der Waals surface area contributed by atoms with Crippen LogP contribution in [0.5, 0.6) is 0 Å². The molecule has 0 heterocycles. The van der Waals surface area contributed by atoms with Gasteiger partial charge in [0.1, 0.15) is 0 Å². The normalized spacial score (nSPS) is 8.43. The minimum atomic E-state index is -4.64. The van der Waals surface area contributed by atoms with Crippen LogP contribution < -0.4 is 6.15 Å². The number of phosphoric acid groups is 1. The standard InChI is InChI=1S/H3N.Ni.H3O4P/c;;1-5(2,3)4/h1H3;;(H3,1,2,3,4). The SMILES string of the molecule is N.O=P(O)(O)O.[Ni]. The molecule has 0 atom stereocenters. The third-order valence-corrected chi connectivity index (χ3v) is 0. The Labute approximate surface area is 50.5 Å². The van der Waals surface area contributed by atoms with Gasteiger partial charge in [-0.15, -0.1) is 0 Å². The molecule has 0 amide bonds. The van der Waals surface area contributed by atoms with E-state index in [0.717, 1.165) is 0 Å². The van der Waals surface area contributed by atoms with Crippen LogP contribution >= 0.6 is 7.82 Å². The Morgan fingerprint density at radius 2 is 1.14 bits per heavy atom. The van der Waals surface area contributed by atoms with Gasteiger partial charge >= 0.3 is 7.82 Å². The Kier molecular flexibility index (Phi) is 10.5. The van der Waals surface area contributed by atoms with Gasteiger partial charge in [-0.3, -0.25) is 0 Å². The third-order valence-electron chi connectivity index (χ3n) is 0. The summed E-state index contributed by atoms with van der Waals surface area (Å²) in [6.07, 6.45) is 0. The second-order valence-corrected chi connectivity index (χ2v) is 1.54. The van der Waals surface area contributed by atoms with Crippen molar-refractivity contribution in [3.63, 3.8) is 0 Å². The van der Waals surface area contributed by atoms with Crippen LogP contribution in [0.25, 0.3) is 0 Å². The summed E-state index contributed by atoms with van der Waals surface area (Å²) in [5.41, 5.74) is 0. The first kappa shape index (κ1) is 15.6. The quantitative estimate of drug-likeness (QED) is 0.284. The minimum absolute atomic E-state index is 0. The predicted molar refractivity (Wildman–Crippen MR) is 19.3 cm³/mol. The maximum Gasteiger partial charge on any atom is 0.466 e. The molecule has 0 aromatic carbocycles. The monoisotopic (exact) mass is 173 g/mol. The Bertz CT molecular complexity index is 57.8. The summed E-state index contributed by atoms with van der Waals surface area (Å²) >= 11 is 0. The molecule has 0 aliphatic rings. The van der Waals surface area contributed by atoms with Crippen molar-refractivity contribution in [1.82, 2.24) is 6.15 Å². The fourth-order valence-electron chi connectivity index (χ4n) is 0. The van der Waals surface area contributed by atoms with E-state index in [4.69, 9.17) is 19.2 Å². The molecule has 0 aromatic rings. The second-order valence-electron chi connectivity index (χ2n) is 0.513. The Morgan fingerprint density at radius 3 is 1.14 bits per heavy atom. The van der Waals surface area contributed by atoms with Gasteiger partial charge in [0.15, 0.2) is 0 Å². The molecular formula is H6NNiO4P. The van der Waals surface area contributed by atoms with E-state index < -0.39 is 7.82 Å². The zero-order chi connectivity index (χ0) is 4.50. The molecule has 6 N–H and O–H groups in total. The molecule has 0 saturated heterocycles. The maximum atomic E-state index is 8.88. The van der Waals surface area contributed by atoms with Crippen LogP contribution in [-0.4, -0.2) is 14.7 Å². The zero-order valence-corrected chi connectivity index (χ0v) is 5.10. The van der Waals surface area contributed by atoms with Crippen LogP contribution in [0.1, 0.15) is 0 Å². The summed E-state index contributed by atoms with van der Waals surface area (Å²) in [5, 5.41) is 0. The Hall–Kier alpha value is 0.564. The topological polar surface area (TPSA) is 113 Å². The van der Waals surface area contributed by atoms with Gasteiger partial charge in [-0.1, -0.05) is 0 Å².